The predicted octanol–water partition coefficient (Wildman–Crippen LogP) is 3.25. The molecule has 0 fully saturated rings. The van der Waals surface area contributed by atoms with E-state index in [0.29, 0.717) is 6.42 Å². The Labute approximate surface area is 86.1 Å². The third-order valence-electron chi connectivity index (χ3n) is 2.31. The van der Waals surface area contributed by atoms with Gasteiger partial charge in [0.05, 0.1) is 5.60 Å². The molecule has 0 spiro atoms. The van der Waals surface area contributed by atoms with E-state index in [2.05, 4.69) is 13.0 Å². The van der Waals surface area contributed by atoms with E-state index in [9.17, 15) is 5.11 Å². The Kier molecular flexibility index (Phi) is 3.90. The highest BCUT2D eigenvalue weighted by molar-refractivity contribution is 5.22. The summed E-state index contributed by atoms with van der Waals surface area (Å²) in [5.74, 6) is 0. The van der Waals surface area contributed by atoms with Gasteiger partial charge < -0.3 is 5.11 Å². The zero-order chi connectivity index (χ0) is 10.4. The molecule has 1 aromatic carbocycles. The fourth-order valence-corrected chi connectivity index (χ4v) is 1.39. The lowest BCUT2D eigenvalue weighted by atomic mass is 9.92. The van der Waals surface area contributed by atoms with Crippen LogP contribution in [0.1, 0.15) is 32.3 Å². The smallest absolute Gasteiger partial charge is 0.0902 e. The van der Waals surface area contributed by atoms with E-state index in [1.54, 1.807) is 0 Å². The molecule has 0 aromatic heterocycles. The quantitative estimate of drug-likeness (QED) is 0.722. The second-order valence-electron chi connectivity index (χ2n) is 3.72. The van der Waals surface area contributed by atoms with Gasteiger partial charge in [0.2, 0.25) is 0 Å². The molecule has 0 saturated carbocycles. The van der Waals surface area contributed by atoms with E-state index in [4.69, 9.17) is 0 Å². The average molecular weight is 190 g/mol. The maximum atomic E-state index is 10.2. The van der Waals surface area contributed by atoms with E-state index >= 15 is 0 Å². The molecule has 0 radical (unpaired) electrons. The second kappa shape index (κ2) is 4.97. The van der Waals surface area contributed by atoms with Crippen LogP contribution in [0.3, 0.4) is 0 Å². The first kappa shape index (κ1) is 11.0. The van der Waals surface area contributed by atoms with Crippen LogP contribution < -0.4 is 0 Å². The molecule has 0 bridgehead atoms. The van der Waals surface area contributed by atoms with Gasteiger partial charge in [-0.2, -0.15) is 0 Å². The maximum absolute atomic E-state index is 10.2. The maximum Gasteiger partial charge on any atom is 0.0902 e. The van der Waals surface area contributed by atoms with E-state index in [1.807, 2.05) is 43.3 Å². The third-order valence-corrected chi connectivity index (χ3v) is 2.31. The molecule has 0 aliphatic heterocycles. The first-order chi connectivity index (χ1) is 6.67. The minimum atomic E-state index is -0.743. The van der Waals surface area contributed by atoms with Gasteiger partial charge in [0, 0.05) is 0 Å². The third kappa shape index (κ3) is 3.00. The summed E-state index contributed by atoms with van der Waals surface area (Å²) in [7, 11) is 0. The first-order valence-electron chi connectivity index (χ1n) is 5.09. The fourth-order valence-electron chi connectivity index (χ4n) is 1.39. The molecule has 0 aliphatic rings. The second-order valence-corrected chi connectivity index (χ2v) is 3.72. The number of allylic oxidation sites excluding steroid dienone is 1. The lowest BCUT2D eigenvalue weighted by molar-refractivity contribution is 0.0605. The Bertz CT molecular complexity index is 285. The molecule has 0 saturated heterocycles. The highest BCUT2D eigenvalue weighted by Crippen LogP contribution is 2.24. The van der Waals surface area contributed by atoms with Gasteiger partial charge in [-0.1, -0.05) is 49.4 Å². The van der Waals surface area contributed by atoms with Crippen LogP contribution in [0.25, 0.3) is 0 Å². The molecule has 14 heavy (non-hydrogen) atoms. The minimum Gasteiger partial charge on any atom is -0.385 e. The van der Waals surface area contributed by atoms with E-state index in [-0.39, 0.29) is 0 Å². The molecule has 1 aromatic rings. The van der Waals surface area contributed by atoms with Crippen LogP contribution in [-0.2, 0) is 5.60 Å². The normalized spacial score (nSPS) is 15.6. The van der Waals surface area contributed by atoms with Gasteiger partial charge in [-0.05, 0) is 25.3 Å². The summed E-state index contributed by atoms with van der Waals surface area (Å²) >= 11 is 0. The summed E-state index contributed by atoms with van der Waals surface area (Å²) in [5, 5.41) is 10.2. The predicted molar refractivity (Wildman–Crippen MR) is 60.1 cm³/mol. The summed E-state index contributed by atoms with van der Waals surface area (Å²) in [4.78, 5) is 0. The van der Waals surface area contributed by atoms with Crippen LogP contribution in [0.15, 0.2) is 42.5 Å². The molecule has 1 atom stereocenters. The first-order valence-corrected chi connectivity index (χ1v) is 5.09. The number of benzene rings is 1. The van der Waals surface area contributed by atoms with Gasteiger partial charge in [-0.25, -0.2) is 0 Å². The topological polar surface area (TPSA) is 20.2 Å². The standard InChI is InChI=1S/C13H18O/c1-3-4-8-11-13(2,14)12-9-6-5-7-10-12/h4-10,14H,3,11H2,1-2H3/b8-4+/t13-/m1/s1. The van der Waals surface area contributed by atoms with E-state index in [0.717, 1.165) is 12.0 Å². The molecule has 0 amide bonds. The van der Waals surface area contributed by atoms with Crippen LogP contribution in [0.5, 0.6) is 0 Å². The minimum absolute atomic E-state index is 0.671. The molecule has 0 heterocycles. The zero-order valence-corrected chi connectivity index (χ0v) is 8.90. The highest BCUT2D eigenvalue weighted by atomic mass is 16.3. The van der Waals surface area contributed by atoms with Crippen molar-refractivity contribution in [2.45, 2.75) is 32.3 Å². The molecule has 1 heteroatoms. The van der Waals surface area contributed by atoms with Crippen molar-refractivity contribution in [3.8, 4) is 0 Å². The van der Waals surface area contributed by atoms with Crippen molar-refractivity contribution >= 4 is 0 Å². The molecule has 0 aliphatic carbocycles. The Balaban J connectivity index is 2.70. The van der Waals surface area contributed by atoms with Crippen molar-refractivity contribution in [2.24, 2.45) is 0 Å². The van der Waals surface area contributed by atoms with Gasteiger partial charge in [0.1, 0.15) is 0 Å². The summed E-state index contributed by atoms with van der Waals surface area (Å²) in [6, 6.07) is 9.78. The van der Waals surface area contributed by atoms with Gasteiger partial charge in [-0.3, -0.25) is 0 Å². The van der Waals surface area contributed by atoms with Crippen molar-refractivity contribution < 1.29 is 5.11 Å². The van der Waals surface area contributed by atoms with Gasteiger partial charge in [-0.15, -0.1) is 0 Å². The van der Waals surface area contributed by atoms with Crippen molar-refractivity contribution in [2.75, 3.05) is 0 Å². The summed E-state index contributed by atoms with van der Waals surface area (Å²) < 4.78 is 0. The SMILES string of the molecule is CC/C=C/C[C@@](C)(O)c1ccccc1. The van der Waals surface area contributed by atoms with Crippen LogP contribution in [0, 0.1) is 0 Å². The molecular formula is C13H18O. The van der Waals surface area contributed by atoms with Crippen molar-refractivity contribution in [1.29, 1.82) is 0 Å². The highest BCUT2D eigenvalue weighted by Gasteiger charge is 2.20. The monoisotopic (exact) mass is 190 g/mol. The molecule has 76 valence electrons. The number of hydrogen-bond acceptors (Lipinski definition) is 1. The van der Waals surface area contributed by atoms with Crippen LogP contribution >= 0.6 is 0 Å². The van der Waals surface area contributed by atoms with E-state index in [1.165, 1.54) is 0 Å². The number of rotatable bonds is 4. The summed E-state index contributed by atoms with van der Waals surface area (Å²) in [5.41, 5.74) is 0.230. The van der Waals surface area contributed by atoms with Gasteiger partial charge >= 0.3 is 0 Å². The Morgan fingerprint density at radius 3 is 2.43 bits per heavy atom. The molecule has 1 N–H and O–H groups in total. The lowest BCUT2D eigenvalue weighted by Crippen LogP contribution is -2.19. The largest absolute Gasteiger partial charge is 0.385 e. The van der Waals surface area contributed by atoms with Crippen LogP contribution in [0.2, 0.25) is 0 Å². The van der Waals surface area contributed by atoms with Gasteiger partial charge in [0.15, 0.2) is 0 Å². The van der Waals surface area contributed by atoms with Crippen LogP contribution in [0.4, 0.5) is 0 Å². The number of aliphatic hydroxyl groups is 1. The lowest BCUT2D eigenvalue weighted by Gasteiger charge is -2.21. The molecule has 0 unspecified atom stereocenters. The number of hydrogen-bond donors (Lipinski definition) is 1. The summed E-state index contributed by atoms with van der Waals surface area (Å²) in [6.07, 6.45) is 5.81. The molecule has 1 nitrogen and oxygen atoms in total. The fraction of sp³-hybridized carbons (Fsp3) is 0.385. The Hall–Kier alpha value is -1.08. The average Bonchev–Trinajstić information content (AvgIpc) is 2.19. The van der Waals surface area contributed by atoms with Crippen molar-refractivity contribution in [3.05, 3.63) is 48.0 Å². The van der Waals surface area contributed by atoms with E-state index < -0.39 is 5.60 Å². The Morgan fingerprint density at radius 2 is 1.86 bits per heavy atom. The van der Waals surface area contributed by atoms with Gasteiger partial charge in [0.25, 0.3) is 0 Å². The van der Waals surface area contributed by atoms with Crippen molar-refractivity contribution in [1.82, 2.24) is 0 Å². The summed E-state index contributed by atoms with van der Waals surface area (Å²) in [6.45, 7) is 3.94. The molecule has 1 rings (SSSR count). The van der Waals surface area contributed by atoms with Crippen LogP contribution in [-0.4, -0.2) is 5.11 Å². The molecular weight excluding hydrogens is 172 g/mol. The Morgan fingerprint density at radius 1 is 1.21 bits per heavy atom. The van der Waals surface area contributed by atoms with Crippen molar-refractivity contribution in [3.63, 3.8) is 0 Å². The zero-order valence-electron chi connectivity index (χ0n) is 8.90.